The zero-order chi connectivity index (χ0) is 17.5. The molecule has 24 heavy (non-hydrogen) atoms. The number of hydrogen-bond acceptors (Lipinski definition) is 2. The summed E-state index contributed by atoms with van der Waals surface area (Å²) >= 11 is 0. The first kappa shape index (κ1) is 22.0. The molecule has 1 unspecified atom stereocenters. The molecule has 0 aromatic rings. The molecule has 144 valence electrons. The lowest BCUT2D eigenvalue weighted by Crippen LogP contribution is -2.36. The third kappa shape index (κ3) is 10.0. The van der Waals surface area contributed by atoms with Crippen LogP contribution in [0.1, 0.15) is 110 Å². The maximum Gasteiger partial charge on any atom is 0.00952 e. The molecule has 0 aromatic carbocycles. The fourth-order valence-electron chi connectivity index (χ4n) is 4.26. The Hall–Kier alpha value is -0.0800. The van der Waals surface area contributed by atoms with Gasteiger partial charge in [-0.25, -0.2) is 0 Å². The predicted molar refractivity (Wildman–Crippen MR) is 109 cm³/mol. The standard InChI is InChI=1S/C22H46N2/c1-3-5-7-9-11-15-22(16-12-10-8-6-4-2)24-18-13-14-21(20-23)17-19-24/h21-22H,3-20,23H2,1-2H3. The normalized spacial score (nSPS) is 19.8. The smallest absolute Gasteiger partial charge is 0.00952 e. The summed E-state index contributed by atoms with van der Waals surface area (Å²) in [5.74, 6) is 0.782. The Balaban J connectivity index is 2.36. The molecule has 0 saturated carbocycles. The van der Waals surface area contributed by atoms with Crippen LogP contribution in [-0.4, -0.2) is 30.6 Å². The predicted octanol–water partition coefficient (Wildman–Crippen LogP) is 6.14. The van der Waals surface area contributed by atoms with Gasteiger partial charge in [0.15, 0.2) is 0 Å². The molecule has 1 fully saturated rings. The molecule has 1 atom stereocenters. The van der Waals surface area contributed by atoms with Gasteiger partial charge < -0.3 is 10.6 Å². The Morgan fingerprint density at radius 2 is 1.38 bits per heavy atom. The van der Waals surface area contributed by atoms with E-state index in [4.69, 9.17) is 5.73 Å². The highest BCUT2D eigenvalue weighted by Gasteiger charge is 2.22. The summed E-state index contributed by atoms with van der Waals surface area (Å²) in [4.78, 5) is 2.84. The van der Waals surface area contributed by atoms with Crippen molar-refractivity contribution < 1.29 is 0 Å². The fourth-order valence-corrected chi connectivity index (χ4v) is 4.26. The van der Waals surface area contributed by atoms with E-state index in [1.807, 2.05) is 0 Å². The van der Waals surface area contributed by atoms with Crippen LogP contribution in [0.15, 0.2) is 0 Å². The van der Waals surface area contributed by atoms with E-state index in [-0.39, 0.29) is 0 Å². The van der Waals surface area contributed by atoms with Gasteiger partial charge >= 0.3 is 0 Å². The van der Waals surface area contributed by atoms with Crippen molar-refractivity contribution >= 4 is 0 Å². The van der Waals surface area contributed by atoms with E-state index in [0.29, 0.717) is 0 Å². The van der Waals surface area contributed by atoms with Gasteiger partial charge in [-0.1, -0.05) is 78.1 Å². The lowest BCUT2D eigenvalue weighted by Gasteiger charge is -2.31. The number of nitrogens with zero attached hydrogens (tertiary/aromatic N) is 1. The second-order valence-corrected chi connectivity index (χ2v) is 8.13. The third-order valence-corrected chi connectivity index (χ3v) is 6.01. The number of likely N-dealkylation sites (tertiary alicyclic amines) is 1. The van der Waals surface area contributed by atoms with E-state index in [1.54, 1.807) is 0 Å². The number of hydrogen-bond donors (Lipinski definition) is 1. The van der Waals surface area contributed by atoms with Gasteiger partial charge in [0.1, 0.15) is 0 Å². The van der Waals surface area contributed by atoms with E-state index in [1.165, 1.54) is 109 Å². The average molecular weight is 339 g/mol. The van der Waals surface area contributed by atoms with Crippen molar-refractivity contribution in [3.8, 4) is 0 Å². The lowest BCUT2D eigenvalue weighted by molar-refractivity contribution is 0.174. The molecule has 0 amide bonds. The Morgan fingerprint density at radius 3 is 1.92 bits per heavy atom. The Bertz CT molecular complexity index is 253. The van der Waals surface area contributed by atoms with Crippen molar-refractivity contribution in [3.05, 3.63) is 0 Å². The molecule has 1 aliphatic rings. The highest BCUT2D eigenvalue weighted by atomic mass is 15.2. The van der Waals surface area contributed by atoms with Crippen LogP contribution in [0.3, 0.4) is 0 Å². The second kappa shape index (κ2) is 15.2. The Morgan fingerprint density at radius 1 is 0.792 bits per heavy atom. The monoisotopic (exact) mass is 338 g/mol. The second-order valence-electron chi connectivity index (χ2n) is 8.13. The number of rotatable bonds is 14. The molecule has 2 N–H and O–H groups in total. The molecule has 1 aliphatic heterocycles. The molecule has 1 rings (SSSR count). The van der Waals surface area contributed by atoms with Crippen molar-refractivity contribution in [2.75, 3.05) is 19.6 Å². The molecule has 2 nitrogen and oxygen atoms in total. The van der Waals surface area contributed by atoms with Crippen LogP contribution in [0, 0.1) is 5.92 Å². The average Bonchev–Trinajstić information content (AvgIpc) is 2.85. The zero-order valence-corrected chi connectivity index (χ0v) is 16.9. The molecular weight excluding hydrogens is 292 g/mol. The van der Waals surface area contributed by atoms with E-state index < -0.39 is 0 Å². The largest absolute Gasteiger partial charge is 0.330 e. The Labute approximate surface area is 152 Å². The summed E-state index contributed by atoms with van der Waals surface area (Å²) in [6.45, 7) is 8.14. The number of unbranched alkanes of at least 4 members (excludes halogenated alkanes) is 8. The number of nitrogens with two attached hydrogens (primary N) is 1. The van der Waals surface area contributed by atoms with Crippen molar-refractivity contribution in [1.82, 2.24) is 4.90 Å². The van der Waals surface area contributed by atoms with Crippen molar-refractivity contribution in [1.29, 1.82) is 0 Å². The van der Waals surface area contributed by atoms with E-state index in [9.17, 15) is 0 Å². The van der Waals surface area contributed by atoms with Gasteiger partial charge in [0, 0.05) is 6.04 Å². The minimum Gasteiger partial charge on any atom is -0.330 e. The maximum absolute atomic E-state index is 5.93. The molecule has 1 saturated heterocycles. The van der Waals surface area contributed by atoms with Crippen molar-refractivity contribution in [2.45, 2.75) is 116 Å². The SMILES string of the molecule is CCCCCCCC(CCCCCCC)N1CCCC(CN)CC1. The maximum atomic E-state index is 5.93. The highest BCUT2D eigenvalue weighted by Crippen LogP contribution is 2.23. The molecule has 1 heterocycles. The quantitative estimate of drug-likeness (QED) is 0.386. The van der Waals surface area contributed by atoms with Gasteiger partial charge in [-0.2, -0.15) is 0 Å². The van der Waals surface area contributed by atoms with Gasteiger partial charge in [-0.3, -0.25) is 0 Å². The fraction of sp³-hybridized carbons (Fsp3) is 1.00. The summed E-state index contributed by atoms with van der Waals surface area (Å²) in [7, 11) is 0. The first-order valence-electron chi connectivity index (χ1n) is 11.3. The summed E-state index contributed by atoms with van der Waals surface area (Å²) in [5.41, 5.74) is 5.93. The molecule has 0 spiro atoms. The van der Waals surface area contributed by atoms with Gasteiger partial charge in [0.05, 0.1) is 0 Å². The molecule has 0 radical (unpaired) electrons. The van der Waals surface area contributed by atoms with Crippen LogP contribution in [0.2, 0.25) is 0 Å². The van der Waals surface area contributed by atoms with E-state index >= 15 is 0 Å². The molecule has 0 bridgehead atoms. The molecular formula is C22H46N2. The zero-order valence-electron chi connectivity index (χ0n) is 16.9. The summed E-state index contributed by atoms with van der Waals surface area (Å²) in [6, 6.07) is 0.852. The summed E-state index contributed by atoms with van der Waals surface area (Å²) < 4.78 is 0. The lowest BCUT2D eigenvalue weighted by atomic mass is 9.98. The first-order chi connectivity index (χ1) is 11.8. The first-order valence-corrected chi connectivity index (χ1v) is 11.3. The molecule has 2 heteroatoms. The van der Waals surface area contributed by atoms with Crippen LogP contribution in [-0.2, 0) is 0 Å². The molecule has 0 aromatic heterocycles. The van der Waals surface area contributed by atoms with Gasteiger partial charge in [-0.15, -0.1) is 0 Å². The van der Waals surface area contributed by atoms with Crippen molar-refractivity contribution in [3.63, 3.8) is 0 Å². The summed E-state index contributed by atoms with van der Waals surface area (Å²) in [6.07, 6.45) is 21.1. The summed E-state index contributed by atoms with van der Waals surface area (Å²) in [5, 5.41) is 0. The highest BCUT2D eigenvalue weighted by molar-refractivity contribution is 4.77. The van der Waals surface area contributed by atoms with E-state index in [0.717, 1.165) is 18.5 Å². The van der Waals surface area contributed by atoms with Gasteiger partial charge in [-0.05, 0) is 57.7 Å². The Kier molecular flexibility index (Phi) is 13.9. The van der Waals surface area contributed by atoms with Crippen LogP contribution in [0.25, 0.3) is 0 Å². The van der Waals surface area contributed by atoms with Gasteiger partial charge in [0.2, 0.25) is 0 Å². The topological polar surface area (TPSA) is 29.3 Å². The van der Waals surface area contributed by atoms with Crippen LogP contribution in [0.4, 0.5) is 0 Å². The minimum atomic E-state index is 0.782. The molecule has 0 aliphatic carbocycles. The van der Waals surface area contributed by atoms with Gasteiger partial charge in [0.25, 0.3) is 0 Å². The van der Waals surface area contributed by atoms with Crippen LogP contribution < -0.4 is 5.73 Å². The van der Waals surface area contributed by atoms with E-state index in [2.05, 4.69) is 18.7 Å². The third-order valence-electron chi connectivity index (χ3n) is 6.01. The van der Waals surface area contributed by atoms with Crippen molar-refractivity contribution in [2.24, 2.45) is 11.7 Å². The van der Waals surface area contributed by atoms with Crippen LogP contribution in [0.5, 0.6) is 0 Å². The minimum absolute atomic E-state index is 0.782. The van der Waals surface area contributed by atoms with Crippen LogP contribution >= 0.6 is 0 Å².